The van der Waals surface area contributed by atoms with E-state index in [2.05, 4.69) is 26.5 Å². The molecule has 2 fully saturated rings. The topological polar surface area (TPSA) is 94.4 Å². The SMILES string of the molecule is O=C(O)CC1SC(=NN=Cc2ccccc2N2CCCCC2)NC1=O. The van der Waals surface area contributed by atoms with Crippen molar-refractivity contribution in [1.82, 2.24) is 5.32 Å². The van der Waals surface area contributed by atoms with Crippen LogP contribution in [0.15, 0.2) is 34.5 Å². The number of piperidine rings is 1. The molecule has 2 heterocycles. The van der Waals surface area contributed by atoms with Crippen molar-refractivity contribution >= 4 is 40.7 Å². The van der Waals surface area contributed by atoms with E-state index in [9.17, 15) is 9.59 Å². The molecule has 2 aliphatic rings. The van der Waals surface area contributed by atoms with Gasteiger partial charge in [-0.3, -0.25) is 9.59 Å². The molecule has 1 amide bonds. The zero-order chi connectivity index (χ0) is 17.6. The van der Waals surface area contributed by atoms with Crippen molar-refractivity contribution in [1.29, 1.82) is 0 Å². The average molecular weight is 360 g/mol. The van der Waals surface area contributed by atoms with Crippen LogP contribution in [0.5, 0.6) is 0 Å². The van der Waals surface area contributed by atoms with Gasteiger partial charge in [-0.2, -0.15) is 5.10 Å². The van der Waals surface area contributed by atoms with Crippen LogP contribution in [0, 0.1) is 0 Å². The van der Waals surface area contributed by atoms with Gasteiger partial charge in [0.1, 0.15) is 5.25 Å². The van der Waals surface area contributed by atoms with Crippen LogP contribution in [0.25, 0.3) is 0 Å². The molecule has 0 saturated carbocycles. The standard InChI is InChI=1S/C17H20N4O3S/c22-15(23)10-14-16(24)19-17(25-14)20-18-11-12-6-2-3-7-13(12)21-8-4-1-5-9-21/h2-3,6-7,11,14H,1,4-5,8-10H2,(H,22,23)(H,19,20,24). The first-order valence-corrected chi connectivity index (χ1v) is 9.16. The maximum Gasteiger partial charge on any atom is 0.305 e. The lowest BCUT2D eigenvalue weighted by atomic mass is 10.1. The molecule has 2 saturated heterocycles. The van der Waals surface area contributed by atoms with Gasteiger partial charge in [-0.15, -0.1) is 5.10 Å². The van der Waals surface area contributed by atoms with Crippen molar-refractivity contribution in [2.75, 3.05) is 18.0 Å². The Balaban J connectivity index is 1.68. The molecule has 0 aromatic heterocycles. The highest BCUT2D eigenvalue weighted by Gasteiger charge is 2.32. The fourth-order valence-corrected chi connectivity index (χ4v) is 3.82. The predicted molar refractivity (Wildman–Crippen MR) is 99.3 cm³/mol. The fourth-order valence-electron chi connectivity index (χ4n) is 2.91. The third kappa shape index (κ3) is 4.60. The zero-order valence-corrected chi connectivity index (χ0v) is 14.5. The van der Waals surface area contributed by atoms with Crippen LogP contribution in [0.2, 0.25) is 0 Å². The summed E-state index contributed by atoms with van der Waals surface area (Å²) in [5.74, 6) is -1.34. The Hall–Kier alpha value is -2.35. The number of para-hydroxylation sites is 1. The van der Waals surface area contributed by atoms with E-state index in [1.807, 2.05) is 18.2 Å². The number of hydrogen-bond donors (Lipinski definition) is 2. The number of aliphatic carboxylic acids is 1. The van der Waals surface area contributed by atoms with Gasteiger partial charge in [0.15, 0.2) is 5.17 Å². The van der Waals surface area contributed by atoms with E-state index in [4.69, 9.17) is 5.11 Å². The number of carboxylic acid groups (broad SMARTS) is 1. The van der Waals surface area contributed by atoms with Crippen molar-refractivity contribution in [3.63, 3.8) is 0 Å². The minimum absolute atomic E-state index is 0.225. The fraction of sp³-hybridized carbons (Fsp3) is 0.412. The highest BCUT2D eigenvalue weighted by Crippen LogP contribution is 2.24. The average Bonchev–Trinajstić information content (AvgIpc) is 2.95. The Morgan fingerprint density at radius 3 is 2.84 bits per heavy atom. The Morgan fingerprint density at radius 2 is 2.08 bits per heavy atom. The molecule has 8 heteroatoms. The first kappa shape index (κ1) is 17.5. The van der Waals surface area contributed by atoms with Crippen molar-refractivity contribution in [3.05, 3.63) is 29.8 Å². The second kappa shape index (κ2) is 8.15. The number of nitrogens with one attached hydrogen (secondary N) is 1. The summed E-state index contributed by atoms with van der Waals surface area (Å²) in [6.45, 7) is 2.09. The van der Waals surface area contributed by atoms with Gasteiger partial charge in [-0.1, -0.05) is 30.0 Å². The summed E-state index contributed by atoms with van der Waals surface area (Å²) >= 11 is 1.10. The van der Waals surface area contributed by atoms with Crippen LogP contribution >= 0.6 is 11.8 Å². The number of carboxylic acids is 1. The van der Waals surface area contributed by atoms with Gasteiger partial charge >= 0.3 is 5.97 Å². The molecule has 132 valence electrons. The summed E-state index contributed by atoms with van der Waals surface area (Å²) in [4.78, 5) is 24.8. The predicted octanol–water partition coefficient (Wildman–Crippen LogP) is 2.07. The number of amides is 1. The number of benzene rings is 1. The number of nitrogens with zero attached hydrogens (tertiary/aromatic N) is 3. The molecule has 2 N–H and O–H groups in total. The van der Waals surface area contributed by atoms with Gasteiger partial charge in [-0.05, 0) is 25.3 Å². The largest absolute Gasteiger partial charge is 0.481 e. The summed E-state index contributed by atoms with van der Waals surface area (Å²) in [5.41, 5.74) is 2.11. The Kier molecular flexibility index (Phi) is 5.70. The number of carbonyl (C=O) groups is 2. The summed E-state index contributed by atoms with van der Waals surface area (Å²) in [6, 6.07) is 8.03. The second-order valence-electron chi connectivity index (χ2n) is 5.95. The molecule has 1 aromatic rings. The molecule has 1 unspecified atom stereocenters. The van der Waals surface area contributed by atoms with Crippen LogP contribution in [-0.2, 0) is 9.59 Å². The van der Waals surface area contributed by atoms with Gasteiger partial charge in [0.05, 0.1) is 12.6 Å². The number of carbonyl (C=O) groups excluding carboxylic acids is 1. The van der Waals surface area contributed by atoms with Crippen LogP contribution in [-0.4, -0.2) is 46.7 Å². The van der Waals surface area contributed by atoms with E-state index < -0.39 is 11.2 Å². The van der Waals surface area contributed by atoms with Crippen molar-refractivity contribution in [2.24, 2.45) is 10.2 Å². The summed E-state index contributed by atoms with van der Waals surface area (Å²) < 4.78 is 0. The van der Waals surface area contributed by atoms with Crippen LogP contribution in [0.4, 0.5) is 5.69 Å². The minimum atomic E-state index is -1.01. The van der Waals surface area contributed by atoms with E-state index in [0.717, 1.165) is 36.1 Å². The van der Waals surface area contributed by atoms with Gasteiger partial charge in [0.2, 0.25) is 5.91 Å². The Morgan fingerprint density at radius 1 is 1.32 bits per heavy atom. The zero-order valence-electron chi connectivity index (χ0n) is 13.7. The molecular formula is C17H20N4O3S. The Labute approximate surface area is 150 Å². The van der Waals surface area contributed by atoms with Gasteiger partial charge in [0, 0.05) is 24.3 Å². The number of amidine groups is 1. The van der Waals surface area contributed by atoms with E-state index >= 15 is 0 Å². The maximum absolute atomic E-state index is 11.7. The van der Waals surface area contributed by atoms with E-state index in [0.29, 0.717) is 5.17 Å². The molecule has 3 rings (SSSR count). The molecule has 0 bridgehead atoms. The highest BCUT2D eigenvalue weighted by molar-refractivity contribution is 8.15. The van der Waals surface area contributed by atoms with Gasteiger partial charge in [0.25, 0.3) is 0 Å². The molecule has 25 heavy (non-hydrogen) atoms. The first-order valence-electron chi connectivity index (χ1n) is 8.28. The highest BCUT2D eigenvalue weighted by atomic mass is 32.2. The van der Waals surface area contributed by atoms with Crippen molar-refractivity contribution in [2.45, 2.75) is 30.9 Å². The molecule has 0 radical (unpaired) electrons. The monoisotopic (exact) mass is 360 g/mol. The second-order valence-corrected chi connectivity index (χ2v) is 7.14. The lowest BCUT2D eigenvalue weighted by Crippen LogP contribution is -2.30. The molecule has 7 nitrogen and oxygen atoms in total. The third-order valence-electron chi connectivity index (χ3n) is 4.12. The molecule has 1 aromatic carbocycles. The number of hydrogen-bond acceptors (Lipinski definition) is 6. The third-order valence-corrected chi connectivity index (χ3v) is 5.19. The van der Waals surface area contributed by atoms with Crippen LogP contribution < -0.4 is 10.2 Å². The normalized spacial score (nSPS) is 22.6. The first-order chi connectivity index (χ1) is 12.1. The smallest absolute Gasteiger partial charge is 0.305 e. The van der Waals surface area contributed by atoms with Gasteiger partial charge < -0.3 is 15.3 Å². The van der Waals surface area contributed by atoms with E-state index in [-0.39, 0.29) is 12.3 Å². The number of anilines is 1. The molecule has 0 aliphatic carbocycles. The van der Waals surface area contributed by atoms with Gasteiger partial charge in [-0.25, -0.2) is 0 Å². The van der Waals surface area contributed by atoms with Crippen LogP contribution in [0.1, 0.15) is 31.2 Å². The quantitative estimate of drug-likeness (QED) is 0.619. The summed E-state index contributed by atoms with van der Waals surface area (Å²) in [5, 5.41) is 19.1. The lowest BCUT2D eigenvalue weighted by Gasteiger charge is -2.29. The van der Waals surface area contributed by atoms with E-state index in [1.54, 1.807) is 6.21 Å². The van der Waals surface area contributed by atoms with Crippen LogP contribution in [0.3, 0.4) is 0 Å². The lowest BCUT2D eigenvalue weighted by molar-refractivity contribution is -0.138. The van der Waals surface area contributed by atoms with Crippen molar-refractivity contribution < 1.29 is 14.7 Å². The molecule has 0 spiro atoms. The minimum Gasteiger partial charge on any atom is -0.481 e. The summed E-state index contributed by atoms with van der Waals surface area (Å²) in [6.07, 6.45) is 5.11. The maximum atomic E-state index is 11.7. The summed E-state index contributed by atoms with van der Waals surface area (Å²) in [7, 11) is 0. The van der Waals surface area contributed by atoms with Crippen molar-refractivity contribution in [3.8, 4) is 0 Å². The Bertz CT molecular complexity index is 714. The number of thioether (sulfide) groups is 1. The number of rotatable bonds is 5. The molecule has 1 atom stereocenters. The molecular weight excluding hydrogens is 340 g/mol. The van der Waals surface area contributed by atoms with E-state index in [1.165, 1.54) is 19.3 Å². The molecule has 2 aliphatic heterocycles.